The molecular weight excluding hydrogens is 262 g/mol. The summed E-state index contributed by atoms with van der Waals surface area (Å²) in [4.78, 5) is 4.94. The van der Waals surface area contributed by atoms with Crippen LogP contribution in [0.25, 0.3) is 0 Å². The summed E-state index contributed by atoms with van der Waals surface area (Å²) in [5.41, 5.74) is 1.32. The average Bonchev–Trinajstić information content (AvgIpc) is 2.53. The van der Waals surface area contributed by atoms with Crippen LogP contribution in [-0.2, 0) is 0 Å². The number of benzene rings is 1. The molecule has 1 aromatic carbocycles. The zero-order chi connectivity index (χ0) is 15.2. The molecule has 4 nitrogen and oxygen atoms in total. The third kappa shape index (κ3) is 4.43. The lowest BCUT2D eigenvalue weighted by Crippen LogP contribution is -2.47. The molecular formula is C17H29N3O. The van der Waals surface area contributed by atoms with Gasteiger partial charge >= 0.3 is 0 Å². The molecule has 4 heteroatoms. The van der Waals surface area contributed by atoms with Crippen molar-refractivity contribution in [3.63, 3.8) is 0 Å². The third-order valence-electron chi connectivity index (χ3n) is 4.52. The SMILES string of the molecule is CNC(CN1CCCC(N(C)C)C1)c1ccc(OC)cc1. The van der Waals surface area contributed by atoms with Gasteiger partial charge in [-0.3, -0.25) is 4.90 Å². The van der Waals surface area contributed by atoms with Gasteiger partial charge in [-0.1, -0.05) is 12.1 Å². The Labute approximate surface area is 129 Å². The maximum absolute atomic E-state index is 5.24. The van der Waals surface area contributed by atoms with Gasteiger partial charge in [0.1, 0.15) is 5.75 Å². The number of rotatable bonds is 6. The van der Waals surface area contributed by atoms with E-state index in [4.69, 9.17) is 4.74 Å². The first kappa shape index (κ1) is 16.3. The number of hydrogen-bond acceptors (Lipinski definition) is 4. The highest BCUT2D eigenvalue weighted by Crippen LogP contribution is 2.21. The molecule has 1 fully saturated rings. The zero-order valence-corrected chi connectivity index (χ0v) is 13.8. The van der Waals surface area contributed by atoms with Crippen LogP contribution in [-0.4, -0.2) is 63.7 Å². The molecule has 2 rings (SSSR count). The van der Waals surface area contributed by atoms with Gasteiger partial charge in [0.25, 0.3) is 0 Å². The van der Waals surface area contributed by atoms with Gasteiger partial charge in [-0.2, -0.15) is 0 Å². The summed E-state index contributed by atoms with van der Waals surface area (Å²) in [6.45, 7) is 3.44. The summed E-state index contributed by atoms with van der Waals surface area (Å²) in [5.74, 6) is 0.916. The Kier molecular flexibility index (Phi) is 6.03. The first-order valence-electron chi connectivity index (χ1n) is 7.84. The van der Waals surface area contributed by atoms with Crippen molar-refractivity contribution < 1.29 is 4.74 Å². The van der Waals surface area contributed by atoms with Crippen molar-refractivity contribution in [2.75, 3.05) is 47.9 Å². The van der Waals surface area contributed by atoms with Gasteiger partial charge in [0.05, 0.1) is 7.11 Å². The fourth-order valence-corrected chi connectivity index (χ4v) is 3.08. The first-order chi connectivity index (χ1) is 10.1. The molecule has 0 aliphatic carbocycles. The van der Waals surface area contributed by atoms with Gasteiger partial charge in [0, 0.05) is 25.2 Å². The maximum Gasteiger partial charge on any atom is 0.118 e. The lowest BCUT2D eigenvalue weighted by atomic mass is 10.0. The molecule has 1 aliphatic rings. The number of ether oxygens (including phenoxy) is 1. The Morgan fingerprint density at radius 1 is 1.33 bits per heavy atom. The van der Waals surface area contributed by atoms with E-state index in [1.165, 1.54) is 31.5 Å². The Balaban J connectivity index is 1.97. The average molecular weight is 291 g/mol. The molecule has 1 N–H and O–H groups in total. The van der Waals surface area contributed by atoms with Gasteiger partial charge in [-0.25, -0.2) is 0 Å². The molecule has 1 aromatic rings. The van der Waals surface area contributed by atoms with Crippen molar-refractivity contribution in [1.29, 1.82) is 0 Å². The Hall–Kier alpha value is -1.10. The van der Waals surface area contributed by atoms with E-state index in [2.05, 4.69) is 41.3 Å². The van der Waals surface area contributed by atoms with E-state index in [9.17, 15) is 0 Å². The van der Waals surface area contributed by atoms with E-state index >= 15 is 0 Å². The Morgan fingerprint density at radius 3 is 2.62 bits per heavy atom. The molecule has 21 heavy (non-hydrogen) atoms. The predicted molar refractivity (Wildman–Crippen MR) is 87.9 cm³/mol. The van der Waals surface area contributed by atoms with E-state index in [1.807, 2.05) is 19.2 Å². The topological polar surface area (TPSA) is 27.7 Å². The van der Waals surface area contributed by atoms with Crippen molar-refractivity contribution in [2.45, 2.75) is 24.9 Å². The molecule has 118 valence electrons. The highest BCUT2D eigenvalue weighted by atomic mass is 16.5. The van der Waals surface area contributed by atoms with E-state index in [-0.39, 0.29) is 0 Å². The number of likely N-dealkylation sites (N-methyl/N-ethyl adjacent to an activating group) is 2. The normalized spacial score (nSPS) is 21.5. The van der Waals surface area contributed by atoms with Crippen LogP contribution >= 0.6 is 0 Å². The van der Waals surface area contributed by atoms with Gasteiger partial charge < -0.3 is 15.0 Å². The summed E-state index contributed by atoms with van der Waals surface area (Å²) in [5, 5.41) is 3.45. The van der Waals surface area contributed by atoms with Crippen molar-refractivity contribution >= 4 is 0 Å². The predicted octanol–water partition coefficient (Wildman–Crippen LogP) is 1.98. The van der Waals surface area contributed by atoms with Crippen LogP contribution in [0.1, 0.15) is 24.4 Å². The van der Waals surface area contributed by atoms with E-state index in [0.29, 0.717) is 12.1 Å². The number of likely N-dealkylation sites (tertiary alicyclic amines) is 1. The second-order valence-electron chi connectivity index (χ2n) is 6.13. The van der Waals surface area contributed by atoms with Gasteiger partial charge in [0.15, 0.2) is 0 Å². The van der Waals surface area contributed by atoms with Crippen LogP contribution in [0.2, 0.25) is 0 Å². The zero-order valence-electron chi connectivity index (χ0n) is 13.8. The largest absolute Gasteiger partial charge is 0.497 e. The molecule has 0 aromatic heterocycles. The number of piperidine rings is 1. The van der Waals surface area contributed by atoms with Crippen LogP contribution in [0.15, 0.2) is 24.3 Å². The molecule has 1 aliphatic heterocycles. The second kappa shape index (κ2) is 7.78. The van der Waals surface area contributed by atoms with Crippen molar-refractivity contribution in [1.82, 2.24) is 15.1 Å². The molecule has 1 heterocycles. The number of nitrogens with zero attached hydrogens (tertiary/aromatic N) is 2. The quantitative estimate of drug-likeness (QED) is 0.867. The van der Waals surface area contributed by atoms with Gasteiger partial charge in [0.2, 0.25) is 0 Å². The van der Waals surface area contributed by atoms with E-state index in [0.717, 1.165) is 12.3 Å². The fraction of sp³-hybridized carbons (Fsp3) is 0.647. The molecule has 0 radical (unpaired) electrons. The van der Waals surface area contributed by atoms with Crippen LogP contribution < -0.4 is 10.1 Å². The molecule has 0 saturated carbocycles. The molecule has 1 saturated heterocycles. The molecule has 0 spiro atoms. The van der Waals surface area contributed by atoms with Crippen LogP contribution in [0.4, 0.5) is 0 Å². The summed E-state index contributed by atoms with van der Waals surface area (Å²) in [6, 6.07) is 9.46. The standard InChI is InChI=1S/C17H29N3O/c1-18-17(14-7-9-16(21-4)10-8-14)13-20-11-5-6-15(12-20)19(2)3/h7-10,15,17-18H,5-6,11-13H2,1-4H3. The molecule has 2 unspecified atom stereocenters. The molecule has 0 amide bonds. The number of methoxy groups -OCH3 is 1. The molecule has 2 atom stereocenters. The number of nitrogens with one attached hydrogen (secondary N) is 1. The lowest BCUT2D eigenvalue weighted by Gasteiger charge is -2.37. The number of hydrogen-bond donors (Lipinski definition) is 1. The smallest absolute Gasteiger partial charge is 0.118 e. The Bertz CT molecular complexity index is 419. The highest BCUT2D eigenvalue weighted by Gasteiger charge is 2.23. The van der Waals surface area contributed by atoms with Crippen LogP contribution in [0.5, 0.6) is 5.75 Å². The first-order valence-corrected chi connectivity index (χ1v) is 7.84. The van der Waals surface area contributed by atoms with Crippen molar-refractivity contribution in [2.24, 2.45) is 0 Å². The molecule has 0 bridgehead atoms. The minimum Gasteiger partial charge on any atom is -0.497 e. The van der Waals surface area contributed by atoms with Crippen LogP contribution in [0.3, 0.4) is 0 Å². The van der Waals surface area contributed by atoms with Crippen molar-refractivity contribution in [3.05, 3.63) is 29.8 Å². The van der Waals surface area contributed by atoms with E-state index in [1.54, 1.807) is 7.11 Å². The fourth-order valence-electron chi connectivity index (χ4n) is 3.08. The lowest BCUT2D eigenvalue weighted by molar-refractivity contribution is 0.124. The highest BCUT2D eigenvalue weighted by molar-refractivity contribution is 5.29. The van der Waals surface area contributed by atoms with Crippen molar-refractivity contribution in [3.8, 4) is 5.75 Å². The van der Waals surface area contributed by atoms with Crippen LogP contribution in [0, 0.1) is 0 Å². The summed E-state index contributed by atoms with van der Waals surface area (Å²) in [7, 11) is 8.13. The van der Waals surface area contributed by atoms with Gasteiger partial charge in [-0.15, -0.1) is 0 Å². The monoisotopic (exact) mass is 291 g/mol. The Morgan fingerprint density at radius 2 is 2.05 bits per heavy atom. The minimum absolute atomic E-state index is 0.372. The van der Waals surface area contributed by atoms with E-state index < -0.39 is 0 Å². The minimum atomic E-state index is 0.372. The second-order valence-corrected chi connectivity index (χ2v) is 6.13. The maximum atomic E-state index is 5.24. The van der Waals surface area contributed by atoms with Gasteiger partial charge in [-0.05, 0) is 58.2 Å². The third-order valence-corrected chi connectivity index (χ3v) is 4.52. The summed E-state index contributed by atoms with van der Waals surface area (Å²) in [6.07, 6.45) is 2.61. The summed E-state index contributed by atoms with van der Waals surface area (Å²) < 4.78 is 5.24. The summed E-state index contributed by atoms with van der Waals surface area (Å²) >= 11 is 0.